The molecule has 1 rings (SSSR count). The monoisotopic (exact) mass is 230 g/mol. The number of halogens is 2. The average molecular weight is 231 g/mol. The molecule has 0 spiro atoms. The van der Waals surface area contributed by atoms with Crippen molar-refractivity contribution in [3.63, 3.8) is 0 Å². The maximum absolute atomic E-state index is 13.2. The number of hydrogen-bond donors (Lipinski definition) is 1. The minimum Gasteiger partial charge on any atom is -0.492 e. The normalized spacial score (nSPS) is 10.6. The molecule has 0 saturated heterocycles. The third-order valence-corrected chi connectivity index (χ3v) is 1.92. The Morgan fingerprint density at radius 2 is 2.27 bits per heavy atom. The quantitative estimate of drug-likeness (QED) is 0.812. The zero-order chi connectivity index (χ0) is 11.4. The van der Waals surface area contributed by atoms with Crippen LogP contribution < -0.4 is 4.74 Å². The van der Waals surface area contributed by atoms with Crippen LogP contribution in [0.5, 0.6) is 5.75 Å². The number of methoxy groups -OCH3 is 1. The van der Waals surface area contributed by atoms with Gasteiger partial charge >= 0.3 is 5.97 Å². The summed E-state index contributed by atoms with van der Waals surface area (Å²) in [5, 5.41) is 8.48. The van der Waals surface area contributed by atoms with Crippen molar-refractivity contribution in [2.45, 2.75) is 0 Å². The molecule has 0 unspecified atom stereocenters. The molecule has 0 aliphatic heterocycles. The van der Waals surface area contributed by atoms with E-state index in [0.29, 0.717) is 5.56 Å². The van der Waals surface area contributed by atoms with Crippen molar-refractivity contribution in [3.05, 3.63) is 34.6 Å². The molecule has 5 heteroatoms. The van der Waals surface area contributed by atoms with Crippen LogP contribution in [0.3, 0.4) is 0 Å². The Kier molecular flexibility index (Phi) is 3.68. The van der Waals surface area contributed by atoms with Crippen molar-refractivity contribution in [1.29, 1.82) is 0 Å². The van der Waals surface area contributed by atoms with E-state index in [0.717, 1.165) is 12.1 Å². The summed E-state index contributed by atoms with van der Waals surface area (Å²) in [5.41, 5.74) is 0.362. The third-order valence-electron chi connectivity index (χ3n) is 1.64. The van der Waals surface area contributed by atoms with Gasteiger partial charge in [-0.2, -0.15) is 0 Å². The Labute approximate surface area is 90.7 Å². The first-order valence-electron chi connectivity index (χ1n) is 3.98. The Morgan fingerprint density at radius 3 is 2.73 bits per heavy atom. The SMILES string of the molecule is COc1c(F)cc(C=CC(=O)O)cc1Cl. The van der Waals surface area contributed by atoms with Crippen LogP contribution in [0.25, 0.3) is 6.08 Å². The van der Waals surface area contributed by atoms with Gasteiger partial charge in [-0.1, -0.05) is 11.6 Å². The first-order chi connectivity index (χ1) is 7.04. The summed E-state index contributed by atoms with van der Waals surface area (Å²) in [6.07, 6.45) is 2.15. The van der Waals surface area contributed by atoms with Gasteiger partial charge in [0.2, 0.25) is 0 Å². The molecular weight excluding hydrogens is 223 g/mol. The molecule has 3 nitrogen and oxygen atoms in total. The maximum Gasteiger partial charge on any atom is 0.328 e. The van der Waals surface area contributed by atoms with Gasteiger partial charge < -0.3 is 9.84 Å². The lowest BCUT2D eigenvalue weighted by Crippen LogP contribution is -1.91. The largest absolute Gasteiger partial charge is 0.492 e. The van der Waals surface area contributed by atoms with Gasteiger partial charge in [0.25, 0.3) is 0 Å². The van der Waals surface area contributed by atoms with Crippen LogP contribution in [0.15, 0.2) is 18.2 Å². The van der Waals surface area contributed by atoms with Gasteiger partial charge in [0.1, 0.15) is 0 Å². The van der Waals surface area contributed by atoms with Gasteiger partial charge in [0.05, 0.1) is 12.1 Å². The molecule has 0 bridgehead atoms. The van der Waals surface area contributed by atoms with E-state index >= 15 is 0 Å². The van der Waals surface area contributed by atoms with E-state index < -0.39 is 11.8 Å². The van der Waals surface area contributed by atoms with Crippen LogP contribution in [-0.2, 0) is 4.79 Å². The minimum atomic E-state index is -1.11. The summed E-state index contributed by atoms with van der Waals surface area (Å²) >= 11 is 5.70. The summed E-state index contributed by atoms with van der Waals surface area (Å²) in [5.74, 6) is -1.79. The molecule has 15 heavy (non-hydrogen) atoms. The number of aliphatic carboxylic acids is 1. The second-order valence-corrected chi connectivity index (χ2v) is 3.10. The predicted molar refractivity (Wildman–Crippen MR) is 54.6 cm³/mol. The summed E-state index contributed by atoms with van der Waals surface area (Å²) in [6, 6.07) is 2.56. The molecule has 0 amide bonds. The van der Waals surface area contributed by atoms with Crippen molar-refractivity contribution >= 4 is 23.6 Å². The van der Waals surface area contributed by atoms with Gasteiger partial charge in [-0.25, -0.2) is 9.18 Å². The number of carboxylic acid groups (broad SMARTS) is 1. The lowest BCUT2D eigenvalue weighted by atomic mass is 10.2. The molecule has 0 aliphatic rings. The first kappa shape index (κ1) is 11.5. The van der Waals surface area contributed by atoms with Crippen molar-refractivity contribution in [3.8, 4) is 5.75 Å². The highest BCUT2D eigenvalue weighted by molar-refractivity contribution is 6.32. The Hall–Kier alpha value is -1.55. The van der Waals surface area contributed by atoms with Gasteiger partial charge in [-0.05, 0) is 23.8 Å². The van der Waals surface area contributed by atoms with Gasteiger partial charge in [-0.15, -0.1) is 0 Å². The average Bonchev–Trinajstić information content (AvgIpc) is 2.14. The highest BCUT2D eigenvalue weighted by Gasteiger charge is 2.08. The van der Waals surface area contributed by atoms with E-state index in [1.807, 2.05) is 0 Å². The van der Waals surface area contributed by atoms with Crippen LogP contribution >= 0.6 is 11.6 Å². The summed E-state index contributed by atoms with van der Waals surface area (Å²) < 4.78 is 18.0. The second-order valence-electron chi connectivity index (χ2n) is 2.69. The lowest BCUT2D eigenvalue weighted by Gasteiger charge is -2.04. The molecule has 80 valence electrons. The summed E-state index contributed by atoms with van der Waals surface area (Å²) in [7, 11) is 1.30. The van der Waals surface area contributed by atoms with E-state index in [-0.39, 0.29) is 10.8 Å². The molecule has 1 aromatic rings. The van der Waals surface area contributed by atoms with E-state index in [2.05, 4.69) is 0 Å². The molecular formula is C10H8ClFO3. The van der Waals surface area contributed by atoms with Crippen molar-refractivity contribution in [1.82, 2.24) is 0 Å². The van der Waals surface area contributed by atoms with E-state index in [9.17, 15) is 9.18 Å². The fourth-order valence-corrected chi connectivity index (χ4v) is 1.33. The molecule has 0 radical (unpaired) electrons. The molecule has 0 heterocycles. The fourth-order valence-electron chi connectivity index (χ4n) is 1.04. The molecule has 1 N–H and O–H groups in total. The molecule has 0 fully saturated rings. The van der Waals surface area contributed by atoms with Crippen molar-refractivity contribution in [2.24, 2.45) is 0 Å². The molecule has 0 saturated carbocycles. The number of ether oxygens (including phenoxy) is 1. The van der Waals surface area contributed by atoms with E-state index in [1.165, 1.54) is 19.3 Å². The molecule has 0 aliphatic carbocycles. The molecule has 0 aromatic heterocycles. The fraction of sp³-hybridized carbons (Fsp3) is 0.100. The summed E-state index contributed by atoms with van der Waals surface area (Å²) in [6.45, 7) is 0. The number of rotatable bonds is 3. The maximum atomic E-state index is 13.2. The van der Waals surface area contributed by atoms with Gasteiger partial charge in [-0.3, -0.25) is 0 Å². The van der Waals surface area contributed by atoms with Crippen molar-refractivity contribution in [2.75, 3.05) is 7.11 Å². The zero-order valence-corrected chi connectivity index (χ0v) is 8.58. The van der Waals surface area contributed by atoms with E-state index in [4.69, 9.17) is 21.4 Å². The Bertz CT molecular complexity index is 392. The van der Waals surface area contributed by atoms with Crippen molar-refractivity contribution < 1.29 is 19.0 Å². The van der Waals surface area contributed by atoms with Crippen LogP contribution in [0.2, 0.25) is 5.02 Å². The number of benzene rings is 1. The van der Waals surface area contributed by atoms with Crippen LogP contribution in [0.1, 0.15) is 5.56 Å². The number of carbonyl (C=O) groups is 1. The van der Waals surface area contributed by atoms with Crippen LogP contribution in [0.4, 0.5) is 4.39 Å². The Balaban J connectivity index is 3.09. The first-order valence-corrected chi connectivity index (χ1v) is 4.36. The smallest absolute Gasteiger partial charge is 0.328 e. The van der Waals surface area contributed by atoms with E-state index in [1.54, 1.807) is 0 Å². The standard InChI is InChI=1S/C10H8ClFO3/c1-15-10-7(11)4-6(5-8(10)12)2-3-9(13)14/h2-5H,1H3,(H,13,14). The second kappa shape index (κ2) is 4.79. The van der Waals surface area contributed by atoms with Gasteiger partial charge in [0, 0.05) is 6.08 Å². The third kappa shape index (κ3) is 2.95. The highest BCUT2D eigenvalue weighted by atomic mass is 35.5. The minimum absolute atomic E-state index is 0.0517. The predicted octanol–water partition coefficient (Wildman–Crippen LogP) is 2.59. The summed E-state index contributed by atoms with van der Waals surface area (Å²) in [4.78, 5) is 10.2. The Morgan fingerprint density at radius 1 is 1.60 bits per heavy atom. The van der Waals surface area contributed by atoms with Crippen LogP contribution in [0, 0.1) is 5.82 Å². The van der Waals surface area contributed by atoms with Crippen LogP contribution in [-0.4, -0.2) is 18.2 Å². The highest BCUT2D eigenvalue weighted by Crippen LogP contribution is 2.29. The molecule has 1 aromatic carbocycles. The molecule has 0 atom stereocenters. The number of hydrogen-bond acceptors (Lipinski definition) is 2. The van der Waals surface area contributed by atoms with Gasteiger partial charge in [0.15, 0.2) is 11.6 Å². The zero-order valence-electron chi connectivity index (χ0n) is 7.83. The number of carboxylic acids is 1. The topological polar surface area (TPSA) is 46.5 Å². The lowest BCUT2D eigenvalue weighted by molar-refractivity contribution is -0.131.